The summed E-state index contributed by atoms with van der Waals surface area (Å²) in [5.74, 6) is 0.225. The number of anilines is 1. The van der Waals surface area contributed by atoms with Crippen molar-refractivity contribution in [2.45, 2.75) is 12.8 Å². The average molecular weight is 333 g/mol. The highest BCUT2D eigenvalue weighted by atomic mass is 35.5. The second-order valence-corrected chi connectivity index (χ2v) is 6.56. The predicted molar refractivity (Wildman–Crippen MR) is 90.6 cm³/mol. The van der Waals surface area contributed by atoms with Gasteiger partial charge in [-0.2, -0.15) is 5.26 Å². The molecule has 1 amide bonds. The molecule has 0 atom stereocenters. The summed E-state index contributed by atoms with van der Waals surface area (Å²) in [7, 11) is 0. The summed E-state index contributed by atoms with van der Waals surface area (Å²) in [4.78, 5) is 18.7. The van der Waals surface area contributed by atoms with Gasteiger partial charge in [0.05, 0.1) is 17.8 Å². The molecule has 122 valence electrons. The van der Waals surface area contributed by atoms with Gasteiger partial charge in [-0.3, -0.25) is 9.69 Å². The number of halogens is 1. The Hall–Kier alpha value is -1.77. The van der Waals surface area contributed by atoms with Gasteiger partial charge in [0.25, 0.3) is 0 Å². The predicted octanol–water partition coefficient (Wildman–Crippen LogP) is 1.96. The largest absolute Gasteiger partial charge is 0.367 e. The molecule has 2 aliphatic heterocycles. The Balaban J connectivity index is 1.58. The quantitative estimate of drug-likeness (QED) is 0.849. The average Bonchev–Trinajstić information content (AvgIpc) is 3.08. The molecular weight excluding hydrogens is 312 g/mol. The van der Waals surface area contributed by atoms with E-state index in [-0.39, 0.29) is 5.91 Å². The lowest BCUT2D eigenvalue weighted by Crippen LogP contribution is -2.51. The first kappa shape index (κ1) is 16.1. The van der Waals surface area contributed by atoms with E-state index in [4.69, 9.17) is 11.6 Å². The van der Waals surface area contributed by atoms with Gasteiger partial charge < -0.3 is 9.80 Å². The minimum absolute atomic E-state index is 0.225. The zero-order chi connectivity index (χ0) is 16.2. The van der Waals surface area contributed by atoms with Crippen molar-refractivity contribution in [2.24, 2.45) is 0 Å². The van der Waals surface area contributed by atoms with E-state index >= 15 is 0 Å². The molecule has 0 bridgehead atoms. The molecule has 0 unspecified atom stereocenters. The highest BCUT2D eigenvalue weighted by Crippen LogP contribution is 2.24. The van der Waals surface area contributed by atoms with Gasteiger partial charge in [-0.05, 0) is 44.1 Å². The number of piperazine rings is 1. The van der Waals surface area contributed by atoms with Crippen molar-refractivity contribution >= 4 is 23.2 Å². The Morgan fingerprint density at radius 3 is 2.48 bits per heavy atom. The van der Waals surface area contributed by atoms with Crippen molar-refractivity contribution in [1.82, 2.24) is 9.80 Å². The van der Waals surface area contributed by atoms with Crippen LogP contribution in [0.3, 0.4) is 0 Å². The van der Waals surface area contributed by atoms with E-state index in [1.54, 1.807) is 6.07 Å². The van der Waals surface area contributed by atoms with E-state index in [0.29, 0.717) is 30.2 Å². The fourth-order valence-electron chi connectivity index (χ4n) is 3.30. The third-order valence-corrected chi connectivity index (χ3v) is 4.84. The van der Waals surface area contributed by atoms with Gasteiger partial charge in [-0.1, -0.05) is 11.6 Å². The van der Waals surface area contributed by atoms with Crippen molar-refractivity contribution in [3.63, 3.8) is 0 Å². The summed E-state index contributed by atoms with van der Waals surface area (Å²) in [6.07, 6.45) is 2.41. The van der Waals surface area contributed by atoms with Crippen LogP contribution < -0.4 is 4.90 Å². The van der Waals surface area contributed by atoms with Crippen LogP contribution in [0, 0.1) is 11.3 Å². The number of hydrogen-bond donors (Lipinski definition) is 0. The lowest BCUT2D eigenvalue weighted by molar-refractivity contribution is -0.132. The molecule has 1 aromatic carbocycles. The Morgan fingerprint density at radius 2 is 1.83 bits per heavy atom. The molecule has 2 fully saturated rings. The van der Waals surface area contributed by atoms with Gasteiger partial charge in [-0.15, -0.1) is 0 Å². The van der Waals surface area contributed by atoms with Gasteiger partial charge in [0.1, 0.15) is 6.07 Å². The molecule has 23 heavy (non-hydrogen) atoms. The first-order chi connectivity index (χ1) is 11.2. The van der Waals surface area contributed by atoms with Crippen LogP contribution in [0.5, 0.6) is 0 Å². The van der Waals surface area contributed by atoms with Crippen molar-refractivity contribution in [2.75, 3.05) is 50.7 Å². The molecule has 0 spiro atoms. The van der Waals surface area contributed by atoms with Crippen molar-refractivity contribution < 1.29 is 4.79 Å². The van der Waals surface area contributed by atoms with E-state index in [1.807, 2.05) is 17.0 Å². The third-order valence-electron chi connectivity index (χ3n) is 4.61. The first-order valence-corrected chi connectivity index (χ1v) is 8.50. The van der Waals surface area contributed by atoms with Crippen LogP contribution in [-0.4, -0.2) is 61.5 Å². The van der Waals surface area contributed by atoms with Crippen LogP contribution in [0.1, 0.15) is 18.4 Å². The number of carbonyl (C=O) groups is 1. The molecule has 6 heteroatoms. The van der Waals surface area contributed by atoms with E-state index in [2.05, 4.69) is 15.9 Å². The molecule has 1 aromatic rings. The summed E-state index contributed by atoms with van der Waals surface area (Å²) in [6, 6.07) is 7.60. The molecule has 0 saturated carbocycles. The van der Waals surface area contributed by atoms with Crippen LogP contribution >= 0.6 is 11.6 Å². The van der Waals surface area contributed by atoms with Crippen LogP contribution in [0.2, 0.25) is 5.02 Å². The highest BCUT2D eigenvalue weighted by Gasteiger charge is 2.24. The summed E-state index contributed by atoms with van der Waals surface area (Å²) < 4.78 is 0. The molecule has 2 aliphatic rings. The van der Waals surface area contributed by atoms with Gasteiger partial charge >= 0.3 is 0 Å². The minimum Gasteiger partial charge on any atom is -0.367 e. The fourth-order valence-corrected chi connectivity index (χ4v) is 3.47. The third kappa shape index (κ3) is 3.77. The second kappa shape index (κ2) is 7.20. The monoisotopic (exact) mass is 332 g/mol. The number of carbonyl (C=O) groups excluding carboxylic acids is 1. The SMILES string of the molecule is N#Cc1cc(Cl)ccc1N1CCN(C(=O)CN2CCCC2)CC1. The number of rotatable bonds is 3. The maximum absolute atomic E-state index is 12.4. The number of likely N-dealkylation sites (tertiary alicyclic amines) is 1. The Kier molecular flexibility index (Phi) is 5.04. The van der Waals surface area contributed by atoms with Gasteiger partial charge in [-0.25, -0.2) is 0 Å². The second-order valence-electron chi connectivity index (χ2n) is 6.12. The summed E-state index contributed by atoms with van der Waals surface area (Å²) in [6.45, 7) is 5.55. The van der Waals surface area contributed by atoms with Crippen LogP contribution in [0.25, 0.3) is 0 Å². The lowest BCUT2D eigenvalue weighted by Gasteiger charge is -2.37. The standard InChI is InChI=1S/C17H21ClN4O/c18-15-3-4-16(14(11-15)12-19)21-7-9-22(10-8-21)17(23)13-20-5-1-2-6-20/h3-4,11H,1-2,5-10,13H2. The van der Waals surface area contributed by atoms with E-state index < -0.39 is 0 Å². The van der Waals surface area contributed by atoms with Crippen molar-refractivity contribution in [1.29, 1.82) is 5.26 Å². The normalized spacial score (nSPS) is 19.0. The van der Waals surface area contributed by atoms with Gasteiger partial charge in [0.15, 0.2) is 0 Å². The Bertz CT molecular complexity index is 614. The molecule has 0 aromatic heterocycles. The fraction of sp³-hybridized carbons (Fsp3) is 0.529. The molecule has 2 saturated heterocycles. The topological polar surface area (TPSA) is 50.6 Å². The zero-order valence-corrected chi connectivity index (χ0v) is 13.9. The number of nitriles is 1. The molecular formula is C17H21ClN4O. The summed E-state index contributed by atoms with van der Waals surface area (Å²) in [5, 5.41) is 9.84. The maximum atomic E-state index is 12.4. The van der Waals surface area contributed by atoms with Gasteiger partial charge in [0, 0.05) is 31.2 Å². The van der Waals surface area contributed by atoms with Crippen LogP contribution in [-0.2, 0) is 4.79 Å². The molecule has 0 aliphatic carbocycles. The van der Waals surface area contributed by atoms with Gasteiger partial charge in [0.2, 0.25) is 5.91 Å². The Morgan fingerprint density at radius 1 is 1.13 bits per heavy atom. The minimum atomic E-state index is 0.225. The number of amides is 1. The number of hydrogen-bond acceptors (Lipinski definition) is 4. The van der Waals surface area contributed by atoms with Crippen LogP contribution in [0.15, 0.2) is 18.2 Å². The molecule has 0 radical (unpaired) electrons. The Labute approximate surface area is 142 Å². The molecule has 3 rings (SSSR count). The van der Waals surface area contributed by atoms with Crippen molar-refractivity contribution in [3.8, 4) is 6.07 Å². The summed E-state index contributed by atoms with van der Waals surface area (Å²) in [5.41, 5.74) is 1.50. The van der Waals surface area contributed by atoms with E-state index in [0.717, 1.165) is 31.9 Å². The maximum Gasteiger partial charge on any atom is 0.236 e. The van der Waals surface area contributed by atoms with E-state index in [1.165, 1.54) is 12.8 Å². The highest BCUT2D eigenvalue weighted by molar-refractivity contribution is 6.30. The molecule has 0 N–H and O–H groups in total. The van der Waals surface area contributed by atoms with Crippen molar-refractivity contribution in [3.05, 3.63) is 28.8 Å². The molecule has 2 heterocycles. The first-order valence-electron chi connectivity index (χ1n) is 8.12. The van der Waals surface area contributed by atoms with Crippen LogP contribution in [0.4, 0.5) is 5.69 Å². The smallest absolute Gasteiger partial charge is 0.236 e. The van der Waals surface area contributed by atoms with E-state index in [9.17, 15) is 10.1 Å². The lowest BCUT2D eigenvalue weighted by atomic mass is 10.1. The molecule has 5 nitrogen and oxygen atoms in total. The zero-order valence-electron chi connectivity index (χ0n) is 13.2. The number of nitrogens with zero attached hydrogens (tertiary/aromatic N) is 4. The number of benzene rings is 1. The summed E-state index contributed by atoms with van der Waals surface area (Å²) >= 11 is 5.95.